The van der Waals surface area contributed by atoms with Crippen LogP contribution in [0.4, 0.5) is 4.39 Å². The highest BCUT2D eigenvalue weighted by Crippen LogP contribution is 2.17. The molecule has 1 unspecified atom stereocenters. The van der Waals surface area contributed by atoms with Crippen molar-refractivity contribution in [2.75, 3.05) is 13.1 Å². The molecule has 4 heteroatoms. The van der Waals surface area contributed by atoms with Gasteiger partial charge in [0, 0.05) is 23.6 Å². The maximum absolute atomic E-state index is 13.0. The predicted molar refractivity (Wildman–Crippen MR) is 68.9 cm³/mol. The molecule has 1 aromatic carbocycles. The highest BCUT2D eigenvalue weighted by molar-refractivity contribution is 9.10. The summed E-state index contributed by atoms with van der Waals surface area (Å²) in [6.45, 7) is 6.75. The Morgan fingerprint density at radius 2 is 2.19 bits per heavy atom. The lowest BCUT2D eigenvalue weighted by molar-refractivity contribution is 0.507. The van der Waals surface area contributed by atoms with Crippen LogP contribution in [-0.2, 0) is 6.54 Å². The lowest BCUT2D eigenvalue weighted by Crippen LogP contribution is -2.35. The van der Waals surface area contributed by atoms with Crippen molar-refractivity contribution in [1.82, 2.24) is 10.6 Å². The summed E-state index contributed by atoms with van der Waals surface area (Å²) in [5.74, 6) is -0.195. The Kier molecular flexibility index (Phi) is 5.95. The van der Waals surface area contributed by atoms with E-state index in [1.165, 1.54) is 6.07 Å². The quantitative estimate of drug-likeness (QED) is 0.841. The van der Waals surface area contributed by atoms with Gasteiger partial charge in [0.05, 0.1) is 0 Å². The van der Waals surface area contributed by atoms with E-state index < -0.39 is 0 Å². The number of hydrogen-bond donors (Lipinski definition) is 2. The summed E-state index contributed by atoms with van der Waals surface area (Å²) in [5.41, 5.74) is 0.948. The minimum atomic E-state index is -0.195. The number of benzene rings is 1. The molecule has 0 spiro atoms. The molecule has 0 saturated heterocycles. The third-order valence-electron chi connectivity index (χ3n) is 2.35. The van der Waals surface area contributed by atoms with Gasteiger partial charge in [-0.3, -0.25) is 0 Å². The number of rotatable bonds is 6. The summed E-state index contributed by atoms with van der Waals surface area (Å²) in [5, 5.41) is 6.60. The molecule has 0 radical (unpaired) electrons. The summed E-state index contributed by atoms with van der Waals surface area (Å²) < 4.78 is 14.0. The molecule has 2 nitrogen and oxygen atoms in total. The van der Waals surface area contributed by atoms with Crippen LogP contribution in [0, 0.1) is 5.82 Å². The standard InChI is InChI=1S/C12H18BrFN2/c1-3-15-7-9(2)16-8-10-6-11(14)4-5-12(10)13/h4-6,9,15-16H,3,7-8H2,1-2H3. The largest absolute Gasteiger partial charge is 0.315 e. The molecule has 16 heavy (non-hydrogen) atoms. The number of hydrogen-bond acceptors (Lipinski definition) is 2. The van der Waals surface area contributed by atoms with Crippen LogP contribution < -0.4 is 10.6 Å². The maximum atomic E-state index is 13.0. The first-order valence-electron chi connectivity index (χ1n) is 5.51. The zero-order chi connectivity index (χ0) is 12.0. The summed E-state index contributed by atoms with van der Waals surface area (Å²) in [4.78, 5) is 0. The van der Waals surface area contributed by atoms with Gasteiger partial charge < -0.3 is 10.6 Å². The minimum Gasteiger partial charge on any atom is -0.315 e. The van der Waals surface area contributed by atoms with Gasteiger partial charge in [-0.15, -0.1) is 0 Å². The predicted octanol–water partition coefficient (Wildman–Crippen LogP) is 2.68. The van der Waals surface area contributed by atoms with E-state index in [0.29, 0.717) is 12.6 Å². The first-order chi connectivity index (χ1) is 7.63. The van der Waals surface area contributed by atoms with E-state index in [1.54, 1.807) is 12.1 Å². The van der Waals surface area contributed by atoms with Crippen LogP contribution in [-0.4, -0.2) is 19.1 Å². The van der Waals surface area contributed by atoms with Crippen LogP contribution in [0.15, 0.2) is 22.7 Å². The Hall–Kier alpha value is -0.450. The van der Waals surface area contributed by atoms with E-state index in [1.807, 2.05) is 0 Å². The van der Waals surface area contributed by atoms with E-state index >= 15 is 0 Å². The van der Waals surface area contributed by atoms with Crippen LogP contribution in [0.3, 0.4) is 0 Å². The average molecular weight is 289 g/mol. The number of halogens is 2. The van der Waals surface area contributed by atoms with Crippen LogP contribution in [0.1, 0.15) is 19.4 Å². The SMILES string of the molecule is CCNCC(C)NCc1cc(F)ccc1Br. The van der Waals surface area contributed by atoms with Crippen LogP contribution in [0.5, 0.6) is 0 Å². The Labute approximate surface area is 105 Å². The van der Waals surface area contributed by atoms with Gasteiger partial charge in [0.1, 0.15) is 5.82 Å². The smallest absolute Gasteiger partial charge is 0.123 e. The molecule has 0 fully saturated rings. The van der Waals surface area contributed by atoms with Crippen LogP contribution in [0.25, 0.3) is 0 Å². The van der Waals surface area contributed by atoms with E-state index in [4.69, 9.17) is 0 Å². The second kappa shape index (κ2) is 6.99. The Bertz CT molecular complexity index is 331. The molecule has 0 aromatic heterocycles. The lowest BCUT2D eigenvalue weighted by Gasteiger charge is -2.14. The summed E-state index contributed by atoms with van der Waals surface area (Å²) in [7, 11) is 0. The molecule has 1 aromatic rings. The van der Waals surface area contributed by atoms with Gasteiger partial charge in [-0.25, -0.2) is 4.39 Å². The van der Waals surface area contributed by atoms with Gasteiger partial charge in [0.2, 0.25) is 0 Å². The van der Waals surface area contributed by atoms with Crippen molar-refractivity contribution >= 4 is 15.9 Å². The lowest BCUT2D eigenvalue weighted by atomic mass is 10.2. The monoisotopic (exact) mass is 288 g/mol. The van der Waals surface area contributed by atoms with Gasteiger partial charge in [-0.1, -0.05) is 22.9 Å². The van der Waals surface area contributed by atoms with Gasteiger partial charge in [-0.05, 0) is 37.2 Å². The third kappa shape index (κ3) is 4.60. The van der Waals surface area contributed by atoms with Crippen molar-refractivity contribution in [3.63, 3.8) is 0 Å². The van der Waals surface area contributed by atoms with E-state index in [9.17, 15) is 4.39 Å². The van der Waals surface area contributed by atoms with E-state index in [0.717, 1.165) is 23.1 Å². The van der Waals surface area contributed by atoms with Crippen molar-refractivity contribution in [2.45, 2.75) is 26.4 Å². The van der Waals surface area contributed by atoms with E-state index in [2.05, 4.69) is 40.4 Å². The second-order valence-electron chi connectivity index (χ2n) is 3.83. The molecule has 0 aliphatic carbocycles. The zero-order valence-electron chi connectivity index (χ0n) is 9.69. The van der Waals surface area contributed by atoms with Crippen molar-refractivity contribution in [1.29, 1.82) is 0 Å². The van der Waals surface area contributed by atoms with E-state index in [-0.39, 0.29) is 5.82 Å². The summed E-state index contributed by atoms with van der Waals surface area (Å²) in [6.07, 6.45) is 0. The van der Waals surface area contributed by atoms with Gasteiger partial charge >= 0.3 is 0 Å². The Balaban J connectivity index is 2.44. The minimum absolute atomic E-state index is 0.195. The van der Waals surface area contributed by atoms with Crippen LogP contribution in [0.2, 0.25) is 0 Å². The van der Waals surface area contributed by atoms with Crippen molar-refractivity contribution in [3.05, 3.63) is 34.1 Å². The molecular weight excluding hydrogens is 271 g/mol. The average Bonchev–Trinajstić information content (AvgIpc) is 2.27. The van der Waals surface area contributed by atoms with Crippen molar-refractivity contribution in [2.24, 2.45) is 0 Å². The molecule has 1 atom stereocenters. The molecule has 1 rings (SSSR count). The highest BCUT2D eigenvalue weighted by Gasteiger charge is 2.04. The molecule has 0 bridgehead atoms. The highest BCUT2D eigenvalue weighted by atomic mass is 79.9. The molecular formula is C12H18BrFN2. The summed E-state index contributed by atoms with van der Waals surface area (Å²) >= 11 is 3.41. The van der Waals surface area contributed by atoms with Crippen LogP contribution >= 0.6 is 15.9 Å². The number of likely N-dealkylation sites (N-methyl/N-ethyl adjacent to an activating group) is 1. The molecule has 90 valence electrons. The van der Waals surface area contributed by atoms with Crippen molar-refractivity contribution in [3.8, 4) is 0 Å². The molecule has 0 saturated carbocycles. The Morgan fingerprint density at radius 3 is 2.88 bits per heavy atom. The maximum Gasteiger partial charge on any atom is 0.123 e. The zero-order valence-corrected chi connectivity index (χ0v) is 11.3. The fraction of sp³-hybridized carbons (Fsp3) is 0.500. The Morgan fingerprint density at radius 1 is 1.44 bits per heavy atom. The number of nitrogens with one attached hydrogen (secondary N) is 2. The second-order valence-corrected chi connectivity index (χ2v) is 4.68. The van der Waals surface area contributed by atoms with Gasteiger partial charge in [0.15, 0.2) is 0 Å². The molecule has 2 N–H and O–H groups in total. The first kappa shape index (κ1) is 13.6. The molecule has 0 heterocycles. The fourth-order valence-electron chi connectivity index (χ4n) is 1.40. The topological polar surface area (TPSA) is 24.1 Å². The molecule has 0 amide bonds. The van der Waals surface area contributed by atoms with Gasteiger partial charge in [-0.2, -0.15) is 0 Å². The first-order valence-corrected chi connectivity index (χ1v) is 6.30. The van der Waals surface area contributed by atoms with Crippen molar-refractivity contribution < 1.29 is 4.39 Å². The summed E-state index contributed by atoms with van der Waals surface area (Å²) in [6, 6.07) is 5.11. The fourth-order valence-corrected chi connectivity index (χ4v) is 1.78. The normalized spacial score (nSPS) is 12.8. The molecule has 0 aliphatic rings. The molecule has 0 aliphatic heterocycles. The van der Waals surface area contributed by atoms with Gasteiger partial charge in [0.25, 0.3) is 0 Å². The third-order valence-corrected chi connectivity index (χ3v) is 3.12.